The van der Waals surface area contributed by atoms with Crippen molar-refractivity contribution in [3.8, 4) is 0 Å². The normalized spacial score (nSPS) is 13.1. The quantitative estimate of drug-likeness (QED) is 0.807. The minimum absolute atomic E-state index is 0.252. The lowest BCUT2D eigenvalue weighted by molar-refractivity contribution is 0.200. The Bertz CT molecular complexity index is 264. The van der Waals surface area contributed by atoms with Crippen LogP contribution in [0, 0.1) is 5.92 Å². The third-order valence-corrected chi connectivity index (χ3v) is 3.48. The molecule has 1 rings (SSSR count). The molecule has 1 heterocycles. The van der Waals surface area contributed by atoms with Gasteiger partial charge in [-0.1, -0.05) is 19.9 Å². The molecule has 0 saturated heterocycles. The minimum Gasteiger partial charge on any atom is -0.392 e. The summed E-state index contributed by atoms with van der Waals surface area (Å²) in [7, 11) is 0. The lowest BCUT2D eigenvalue weighted by Crippen LogP contribution is -2.14. The van der Waals surface area contributed by atoms with E-state index in [4.69, 9.17) is 0 Å². The van der Waals surface area contributed by atoms with Crippen LogP contribution in [0.25, 0.3) is 0 Å². The van der Waals surface area contributed by atoms with Crippen molar-refractivity contribution in [2.75, 3.05) is 11.5 Å². The Labute approximate surface area is 96.1 Å². The summed E-state index contributed by atoms with van der Waals surface area (Å²) >= 11 is 1.82. The van der Waals surface area contributed by atoms with E-state index in [2.05, 4.69) is 18.8 Å². The highest BCUT2D eigenvalue weighted by molar-refractivity contribution is 7.99. The maximum absolute atomic E-state index is 9.77. The summed E-state index contributed by atoms with van der Waals surface area (Å²) < 4.78 is 0. The molecule has 0 aliphatic carbocycles. The Morgan fingerprint density at radius 2 is 2.20 bits per heavy atom. The first-order valence-electron chi connectivity index (χ1n) is 5.33. The molecule has 0 aromatic carbocycles. The molecule has 84 valence electrons. The van der Waals surface area contributed by atoms with Gasteiger partial charge in [-0.05, 0) is 23.3 Å². The van der Waals surface area contributed by atoms with Crippen LogP contribution in [0.15, 0.2) is 24.5 Å². The molecule has 0 saturated carbocycles. The van der Waals surface area contributed by atoms with E-state index < -0.39 is 0 Å². The summed E-state index contributed by atoms with van der Waals surface area (Å²) in [6.45, 7) is 4.39. The molecule has 0 amide bonds. The number of aliphatic hydroxyl groups is 1. The minimum atomic E-state index is -0.252. The summed E-state index contributed by atoms with van der Waals surface area (Å²) in [5.74, 6) is 2.62. The standard InChI is InChI=1S/C12H19NOS/c1-10(2)8-15-9-12(14)6-11-4-3-5-13-7-11/h3-5,7,10,12,14H,6,8-9H2,1-2H3. The first-order valence-corrected chi connectivity index (χ1v) is 6.48. The molecule has 1 aromatic heterocycles. The van der Waals surface area contributed by atoms with E-state index in [0.29, 0.717) is 12.3 Å². The molecule has 1 aromatic rings. The smallest absolute Gasteiger partial charge is 0.0671 e. The van der Waals surface area contributed by atoms with Gasteiger partial charge in [-0.2, -0.15) is 11.8 Å². The van der Waals surface area contributed by atoms with Gasteiger partial charge in [-0.25, -0.2) is 0 Å². The zero-order valence-corrected chi connectivity index (χ0v) is 10.2. The van der Waals surface area contributed by atoms with Gasteiger partial charge in [-0.3, -0.25) is 4.98 Å². The van der Waals surface area contributed by atoms with Crippen molar-refractivity contribution in [2.24, 2.45) is 5.92 Å². The van der Waals surface area contributed by atoms with E-state index in [1.165, 1.54) is 0 Å². The molecule has 0 aliphatic heterocycles. The predicted molar refractivity (Wildman–Crippen MR) is 66.1 cm³/mol. The second kappa shape index (κ2) is 6.85. The van der Waals surface area contributed by atoms with E-state index in [9.17, 15) is 5.11 Å². The van der Waals surface area contributed by atoms with Crippen molar-refractivity contribution in [1.82, 2.24) is 4.98 Å². The zero-order valence-electron chi connectivity index (χ0n) is 9.39. The van der Waals surface area contributed by atoms with Gasteiger partial charge in [0.15, 0.2) is 0 Å². The van der Waals surface area contributed by atoms with Crippen molar-refractivity contribution in [3.05, 3.63) is 30.1 Å². The molecule has 1 atom stereocenters. The van der Waals surface area contributed by atoms with Crippen molar-refractivity contribution in [2.45, 2.75) is 26.4 Å². The Morgan fingerprint density at radius 3 is 2.80 bits per heavy atom. The second-order valence-electron chi connectivity index (χ2n) is 4.15. The molecule has 0 radical (unpaired) electrons. The van der Waals surface area contributed by atoms with Gasteiger partial charge in [0.25, 0.3) is 0 Å². The van der Waals surface area contributed by atoms with E-state index in [1.54, 1.807) is 6.20 Å². The first kappa shape index (κ1) is 12.5. The van der Waals surface area contributed by atoms with Gasteiger partial charge < -0.3 is 5.11 Å². The van der Waals surface area contributed by atoms with Crippen LogP contribution in [0.4, 0.5) is 0 Å². The monoisotopic (exact) mass is 225 g/mol. The van der Waals surface area contributed by atoms with Crippen LogP contribution >= 0.6 is 11.8 Å². The van der Waals surface area contributed by atoms with E-state index in [-0.39, 0.29) is 6.10 Å². The highest BCUT2D eigenvalue weighted by atomic mass is 32.2. The number of nitrogens with zero attached hydrogens (tertiary/aromatic N) is 1. The summed E-state index contributed by atoms with van der Waals surface area (Å²) in [6.07, 6.45) is 4.02. The number of rotatable bonds is 6. The fraction of sp³-hybridized carbons (Fsp3) is 0.583. The Kier molecular flexibility index (Phi) is 5.73. The van der Waals surface area contributed by atoms with Gasteiger partial charge in [0.2, 0.25) is 0 Å². The average molecular weight is 225 g/mol. The van der Waals surface area contributed by atoms with Crippen molar-refractivity contribution < 1.29 is 5.11 Å². The van der Waals surface area contributed by atoms with Crippen molar-refractivity contribution in [3.63, 3.8) is 0 Å². The SMILES string of the molecule is CC(C)CSCC(O)Cc1cccnc1. The van der Waals surface area contributed by atoms with Crippen molar-refractivity contribution >= 4 is 11.8 Å². The van der Waals surface area contributed by atoms with Crippen LogP contribution in [-0.2, 0) is 6.42 Å². The van der Waals surface area contributed by atoms with Crippen LogP contribution in [-0.4, -0.2) is 27.7 Å². The Morgan fingerprint density at radius 1 is 1.40 bits per heavy atom. The zero-order chi connectivity index (χ0) is 11.1. The number of aliphatic hydroxyl groups excluding tert-OH is 1. The molecule has 15 heavy (non-hydrogen) atoms. The summed E-state index contributed by atoms with van der Waals surface area (Å²) in [5.41, 5.74) is 1.11. The fourth-order valence-corrected chi connectivity index (χ4v) is 2.29. The molecule has 0 fully saturated rings. The van der Waals surface area contributed by atoms with Gasteiger partial charge in [0, 0.05) is 24.6 Å². The molecule has 0 spiro atoms. The lowest BCUT2D eigenvalue weighted by Gasteiger charge is -2.10. The van der Waals surface area contributed by atoms with Gasteiger partial charge in [-0.15, -0.1) is 0 Å². The molecule has 0 bridgehead atoms. The van der Waals surface area contributed by atoms with Crippen molar-refractivity contribution in [1.29, 1.82) is 0 Å². The average Bonchev–Trinajstić information content (AvgIpc) is 2.18. The number of aromatic nitrogens is 1. The van der Waals surface area contributed by atoms with Crippen LogP contribution in [0.3, 0.4) is 0 Å². The molecule has 2 nitrogen and oxygen atoms in total. The molecule has 0 aliphatic rings. The number of hydrogen-bond acceptors (Lipinski definition) is 3. The molecular formula is C12H19NOS. The Hall–Kier alpha value is -0.540. The third-order valence-electron chi connectivity index (χ3n) is 1.96. The predicted octanol–water partition coefficient (Wildman–Crippen LogP) is 2.37. The molecule has 3 heteroatoms. The number of pyridine rings is 1. The first-order chi connectivity index (χ1) is 7.18. The summed E-state index contributed by atoms with van der Waals surface area (Å²) in [4.78, 5) is 4.03. The topological polar surface area (TPSA) is 33.1 Å². The van der Waals surface area contributed by atoms with Crippen LogP contribution in [0.2, 0.25) is 0 Å². The van der Waals surface area contributed by atoms with E-state index >= 15 is 0 Å². The summed E-state index contributed by atoms with van der Waals surface area (Å²) in [6, 6.07) is 3.91. The number of hydrogen-bond donors (Lipinski definition) is 1. The lowest BCUT2D eigenvalue weighted by atomic mass is 10.1. The van der Waals surface area contributed by atoms with Crippen LogP contribution < -0.4 is 0 Å². The van der Waals surface area contributed by atoms with Crippen LogP contribution in [0.5, 0.6) is 0 Å². The molecule has 1 unspecified atom stereocenters. The summed E-state index contributed by atoms with van der Waals surface area (Å²) in [5, 5.41) is 9.77. The molecule has 1 N–H and O–H groups in total. The second-order valence-corrected chi connectivity index (χ2v) is 5.23. The maximum Gasteiger partial charge on any atom is 0.0671 e. The largest absolute Gasteiger partial charge is 0.392 e. The molecular weight excluding hydrogens is 206 g/mol. The van der Waals surface area contributed by atoms with Gasteiger partial charge in [0.1, 0.15) is 0 Å². The highest BCUT2D eigenvalue weighted by Crippen LogP contribution is 2.11. The van der Waals surface area contributed by atoms with E-state index in [1.807, 2.05) is 30.1 Å². The Balaban J connectivity index is 2.21. The fourth-order valence-electron chi connectivity index (χ4n) is 1.29. The van der Waals surface area contributed by atoms with Gasteiger partial charge >= 0.3 is 0 Å². The highest BCUT2D eigenvalue weighted by Gasteiger charge is 2.06. The number of thioether (sulfide) groups is 1. The van der Waals surface area contributed by atoms with Gasteiger partial charge in [0.05, 0.1) is 6.10 Å². The van der Waals surface area contributed by atoms with Crippen LogP contribution in [0.1, 0.15) is 19.4 Å². The van der Waals surface area contributed by atoms with E-state index in [0.717, 1.165) is 17.1 Å². The third kappa shape index (κ3) is 5.80. The maximum atomic E-state index is 9.77.